The molecule has 4 nitrogen and oxygen atoms in total. The van der Waals surface area contributed by atoms with Crippen molar-refractivity contribution in [3.05, 3.63) is 29.8 Å². The predicted molar refractivity (Wildman–Crippen MR) is 47.5 cm³/mol. The topological polar surface area (TPSA) is 69.6 Å². The van der Waals surface area contributed by atoms with Crippen molar-refractivity contribution in [1.29, 1.82) is 0 Å². The van der Waals surface area contributed by atoms with Crippen LogP contribution in [-0.2, 0) is 4.79 Å². The lowest BCUT2D eigenvalue weighted by Crippen LogP contribution is -2.24. The van der Waals surface area contributed by atoms with Gasteiger partial charge in [-0.05, 0) is 24.7 Å². The van der Waals surface area contributed by atoms with E-state index in [0.29, 0.717) is 5.56 Å². The molecule has 0 spiro atoms. The number of carboxylic acid groups (broad SMARTS) is 1. The van der Waals surface area contributed by atoms with Gasteiger partial charge in [0.15, 0.2) is 0 Å². The van der Waals surface area contributed by atoms with E-state index in [1.54, 1.807) is 19.2 Å². The van der Waals surface area contributed by atoms with Crippen molar-refractivity contribution in [2.75, 3.05) is 7.05 Å². The molecule has 0 radical (unpaired) electrons. The van der Waals surface area contributed by atoms with Gasteiger partial charge in [0.2, 0.25) is 0 Å². The van der Waals surface area contributed by atoms with E-state index in [1.807, 2.05) is 0 Å². The maximum Gasteiger partial charge on any atom is 0.325 e. The van der Waals surface area contributed by atoms with Crippen molar-refractivity contribution in [3.63, 3.8) is 0 Å². The summed E-state index contributed by atoms with van der Waals surface area (Å²) >= 11 is 0. The van der Waals surface area contributed by atoms with Crippen molar-refractivity contribution in [2.24, 2.45) is 0 Å². The molecule has 3 N–H and O–H groups in total. The third kappa shape index (κ3) is 2.19. The Kier molecular flexibility index (Phi) is 2.87. The highest BCUT2D eigenvalue weighted by molar-refractivity contribution is 5.75. The third-order valence-corrected chi connectivity index (χ3v) is 1.74. The fraction of sp³-hybridized carbons (Fsp3) is 0.222. The van der Waals surface area contributed by atoms with Crippen molar-refractivity contribution in [3.8, 4) is 5.75 Å². The van der Waals surface area contributed by atoms with E-state index in [-0.39, 0.29) is 5.75 Å². The molecule has 1 aromatic carbocycles. The Bertz CT molecular complexity index is 311. The summed E-state index contributed by atoms with van der Waals surface area (Å²) in [7, 11) is 1.56. The molecule has 1 unspecified atom stereocenters. The van der Waals surface area contributed by atoms with Crippen LogP contribution >= 0.6 is 0 Å². The minimum absolute atomic E-state index is 0.0685. The van der Waals surface area contributed by atoms with Crippen LogP contribution in [0.5, 0.6) is 5.75 Å². The maximum absolute atomic E-state index is 10.7. The molecule has 1 atom stereocenters. The number of nitrogens with one attached hydrogen (secondary N) is 1. The monoisotopic (exact) mass is 181 g/mol. The third-order valence-electron chi connectivity index (χ3n) is 1.74. The molecule has 1 rings (SSSR count). The number of hydrogen-bond acceptors (Lipinski definition) is 3. The molecule has 0 saturated heterocycles. The minimum atomic E-state index is -0.965. The molecule has 0 aliphatic heterocycles. The van der Waals surface area contributed by atoms with Crippen LogP contribution < -0.4 is 5.32 Å². The fourth-order valence-corrected chi connectivity index (χ4v) is 1.14. The number of phenols is 1. The molecule has 0 fully saturated rings. The Morgan fingerprint density at radius 3 is 2.69 bits per heavy atom. The van der Waals surface area contributed by atoms with Crippen molar-refractivity contribution < 1.29 is 15.0 Å². The number of aliphatic carboxylic acids is 1. The second-order valence-electron chi connectivity index (χ2n) is 2.65. The van der Waals surface area contributed by atoms with Gasteiger partial charge in [-0.15, -0.1) is 0 Å². The average Bonchev–Trinajstić information content (AvgIpc) is 2.04. The van der Waals surface area contributed by atoms with Gasteiger partial charge in [-0.3, -0.25) is 4.79 Å². The number of hydrogen-bond donors (Lipinski definition) is 3. The van der Waals surface area contributed by atoms with E-state index >= 15 is 0 Å². The van der Waals surface area contributed by atoms with Crippen LogP contribution in [0.2, 0.25) is 0 Å². The first-order chi connectivity index (χ1) is 6.15. The number of phenolic OH excluding ortho intramolecular Hbond substituents is 1. The van der Waals surface area contributed by atoms with Gasteiger partial charge in [-0.25, -0.2) is 0 Å². The van der Waals surface area contributed by atoms with Crippen molar-refractivity contribution in [1.82, 2.24) is 5.32 Å². The molecule has 0 aromatic heterocycles. The highest BCUT2D eigenvalue weighted by Gasteiger charge is 2.16. The highest BCUT2D eigenvalue weighted by atomic mass is 16.4. The number of benzene rings is 1. The molecule has 0 aliphatic carbocycles. The Labute approximate surface area is 75.8 Å². The first-order valence-electron chi connectivity index (χ1n) is 3.84. The Balaban J connectivity index is 2.98. The molecule has 4 heteroatoms. The second-order valence-corrected chi connectivity index (χ2v) is 2.65. The summed E-state index contributed by atoms with van der Waals surface area (Å²) in [5.74, 6) is -0.896. The highest BCUT2D eigenvalue weighted by Crippen LogP contribution is 2.17. The smallest absolute Gasteiger partial charge is 0.325 e. The van der Waals surface area contributed by atoms with E-state index in [1.165, 1.54) is 12.1 Å². The molecule has 0 aliphatic rings. The molecule has 70 valence electrons. The summed E-state index contributed by atoms with van der Waals surface area (Å²) < 4.78 is 0. The lowest BCUT2D eigenvalue weighted by atomic mass is 10.1. The Hall–Kier alpha value is -1.55. The van der Waals surface area contributed by atoms with E-state index in [4.69, 9.17) is 10.2 Å². The van der Waals surface area contributed by atoms with E-state index in [2.05, 4.69) is 5.32 Å². The lowest BCUT2D eigenvalue weighted by molar-refractivity contribution is -0.139. The summed E-state index contributed by atoms with van der Waals surface area (Å²) in [6.45, 7) is 0. The van der Waals surface area contributed by atoms with Gasteiger partial charge in [0.1, 0.15) is 11.8 Å². The summed E-state index contributed by atoms with van der Waals surface area (Å²) in [4.78, 5) is 10.7. The molecule has 0 saturated carbocycles. The van der Waals surface area contributed by atoms with Gasteiger partial charge in [-0.2, -0.15) is 0 Å². The Morgan fingerprint density at radius 2 is 2.23 bits per heavy atom. The average molecular weight is 181 g/mol. The number of likely N-dealkylation sites (N-methyl/N-ethyl adjacent to an activating group) is 1. The fourth-order valence-electron chi connectivity index (χ4n) is 1.14. The minimum Gasteiger partial charge on any atom is -0.508 e. The maximum atomic E-state index is 10.7. The van der Waals surface area contributed by atoms with E-state index in [0.717, 1.165) is 0 Å². The molecule has 0 amide bonds. The van der Waals surface area contributed by atoms with Gasteiger partial charge in [0.05, 0.1) is 0 Å². The molecular weight excluding hydrogens is 170 g/mol. The SMILES string of the molecule is CNC(C(=O)O)c1cccc(O)c1. The van der Waals surface area contributed by atoms with Gasteiger partial charge < -0.3 is 15.5 Å². The zero-order valence-electron chi connectivity index (χ0n) is 7.19. The zero-order valence-corrected chi connectivity index (χ0v) is 7.19. The van der Waals surface area contributed by atoms with Crippen LogP contribution in [0, 0.1) is 0 Å². The summed E-state index contributed by atoms with van der Waals surface area (Å²) in [6, 6.07) is 5.41. The number of carboxylic acids is 1. The van der Waals surface area contributed by atoms with Crippen molar-refractivity contribution >= 4 is 5.97 Å². The van der Waals surface area contributed by atoms with Gasteiger partial charge >= 0.3 is 5.97 Å². The quantitative estimate of drug-likeness (QED) is 0.643. The van der Waals surface area contributed by atoms with Crippen LogP contribution in [0.1, 0.15) is 11.6 Å². The van der Waals surface area contributed by atoms with Gasteiger partial charge in [0, 0.05) is 0 Å². The number of rotatable bonds is 3. The van der Waals surface area contributed by atoms with Crippen LogP contribution in [-0.4, -0.2) is 23.2 Å². The predicted octanol–water partition coefficient (Wildman–Crippen LogP) is 0.737. The Morgan fingerprint density at radius 1 is 1.54 bits per heavy atom. The first kappa shape index (κ1) is 9.54. The summed E-state index contributed by atoms with van der Waals surface area (Å²) in [5.41, 5.74) is 0.537. The molecule has 0 heterocycles. The molecule has 13 heavy (non-hydrogen) atoms. The summed E-state index contributed by atoms with van der Waals surface area (Å²) in [6.07, 6.45) is 0. The molecule has 0 bridgehead atoms. The first-order valence-corrected chi connectivity index (χ1v) is 3.84. The molecular formula is C9H11NO3. The normalized spacial score (nSPS) is 12.4. The number of aromatic hydroxyl groups is 1. The zero-order chi connectivity index (χ0) is 9.84. The lowest BCUT2D eigenvalue weighted by Gasteiger charge is -2.10. The van der Waals surface area contributed by atoms with E-state index < -0.39 is 12.0 Å². The van der Waals surface area contributed by atoms with Gasteiger partial charge in [-0.1, -0.05) is 12.1 Å². The van der Waals surface area contributed by atoms with Crippen molar-refractivity contribution in [2.45, 2.75) is 6.04 Å². The second kappa shape index (κ2) is 3.91. The number of carbonyl (C=O) groups is 1. The largest absolute Gasteiger partial charge is 0.508 e. The van der Waals surface area contributed by atoms with Crippen LogP contribution in [0.25, 0.3) is 0 Å². The van der Waals surface area contributed by atoms with Crippen LogP contribution in [0.3, 0.4) is 0 Å². The molecule has 1 aromatic rings. The summed E-state index contributed by atoms with van der Waals surface area (Å²) in [5, 5.41) is 20.5. The standard InChI is InChI=1S/C9H11NO3/c1-10-8(9(12)13)6-3-2-4-7(11)5-6/h2-5,8,10-11H,1H3,(H,12,13). The van der Waals surface area contributed by atoms with E-state index in [9.17, 15) is 4.79 Å². The van der Waals surface area contributed by atoms with Gasteiger partial charge in [0.25, 0.3) is 0 Å². The van der Waals surface area contributed by atoms with Crippen LogP contribution in [0.4, 0.5) is 0 Å². The van der Waals surface area contributed by atoms with Crippen LogP contribution in [0.15, 0.2) is 24.3 Å².